The molecule has 0 radical (unpaired) electrons. The van der Waals surface area contributed by atoms with Crippen LogP contribution in [-0.4, -0.2) is 52.3 Å². The quantitative estimate of drug-likeness (QED) is 0.313. The van der Waals surface area contributed by atoms with Crippen molar-refractivity contribution in [2.45, 2.75) is 19.3 Å². The molecule has 10 nitrogen and oxygen atoms in total. The van der Waals surface area contributed by atoms with Crippen molar-refractivity contribution >= 4 is 23.4 Å². The van der Waals surface area contributed by atoms with Crippen molar-refractivity contribution in [3.05, 3.63) is 72.0 Å². The van der Waals surface area contributed by atoms with Gasteiger partial charge in [-0.3, -0.25) is 4.79 Å². The number of anilines is 2. The number of nitrogens with zero attached hydrogens (tertiary/aromatic N) is 5. The molecule has 5 rings (SSSR count). The van der Waals surface area contributed by atoms with Crippen LogP contribution >= 0.6 is 0 Å². The zero-order valence-corrected chi connectivity index (χ0v) is 20.6. The summed E-state index contributed by atoms with van der Waals surface area (Å²) in [5, 5.41) is 6.35. The number of amides is 1. The van der Waals surface area contributed by atoms with E-state index < -0.39 is 24.0 Å². The lowest BCUT2D eigenvalue weighted by Crippen LogP contribution is -2.20. The van der Waals surface area contributed by atoms with Gasteiger partial charge in [0.15, 0.2) is 11.4 Å². The fourth-order valence-electron chi connectivity index (χ4n) is 3.88. The van der Waals surface area contributed by atoms with E-state index in [9.17, 15) is 18.4 Å². The fraction of sp³-hybridized carbons (Fsp3) is 0.269. The molecule has 1 saturated carbocycles. The number of ether oxygens (including phenoxy) is 1. The number of nitrogens with one attached hydrogen (secondary N) is 1. The number of aromatic nitrogens is 4. The van der Waals surface area contributed by atoms with Crippen molar-refractivity contribution in [1.82, 2.24) is 19.7 Å². The van der Waals surface area contributed by atoms with E-state index in [4.69, 9.17) is 4.42 Å². The van der Waals surface area contributed by atoms with Crippen molar-refractivity contribution in [3.63, 3.8) is 0 Å². The Kier molecular flexibility index (Phi) is 6.86. The molecule has 38 heavy (non-hydrogen) atoms. The lowest BCUT2D eigenvalue weighted by molar-refractivity contribution is 0.0600. The lowest BCUT2D eigenvalue weighted by Gasteiger charge is -2.17. The van der Waals surface area contributed by atoms with Crippen molar-refractivity contribution in [2.24, 2.45) is 5.92 Å². The number of methoxy groups -OCH3 is 1. The van der Waals surface area contributed by atoms with Gasteiger partial charge in [-0.25, -0.2) is 28.2 Å². The van der Waals surface area contributed by atoms with E-state index in [-0.39, 0.29) is 17.3 Å². The molecule has 3 aromatic heterocycles. The van der Waals surface area contributed by atoms with Gasteiger partial charge in [0.25, 0.3) is 12.3 Å². The zero-order chi connectivity index (χ0) is 26.8. The van der Waals surface area contributed by atoms with Crippen LogP contribution in [0.5, 0.6) is 0 Å². The monoisotopic (exact) mass is 522 g/mol. The number of oxazole rings is 1. The summed E-state index contributed by atoms with van der Waals surface area (Å²) in [5.74, 6) is 0.381. The predicted molar refractivity (Wildman–Crippen MR) is 134 cm³/mol. The summed E-state index contributed by atoms with van der Waals surface area (Å²) in [6.07, 6.45) is 3.55. The van der Waals surface area contributed by atoms with Gasteiger partial charge in [-0.15, -0.1) is 0 Å². The highest BCUT2D eigenvalue weighted by Crippen LogP contribution is 2.31. The van der Waals surface area contributed by atoms with Crippen LogP contribution in [0.3, 0.4) is 0 Å². The van der Waals surface area contributed by atoms with E-state index in [1.807, 2.05) is 13.1 Å². The topological polar surface area (TPSA) is 115 Å². The van der Waals surface area contributed by atoms with Crippen molar-refractivity contribution < 1.29 is 27.5 Å². The first-order chi connectivity index (χ1) is 18.3. The van der Waals surface area contributed by atoms with E-state index in [1.165, 1.54) is 55.1 Å². The van der Waals surface area contributed by atoms with Gasteiger partial charge >= 0.3 is 5.97 Å². The Balaban J connectivity index is 1.33. The maximum Gasteiger partial charge on any atom is 0.337 e. The minimum atomic E-state index is -2.95. The molecule has 0 saturated heterocycles. The Labute approximate surface area is 216 Å². The third-order valence-corrected chi connectivity index (χ3v) is 6.10. The Morgan fingerprint density at radius 1 is 1.24 bits per heavy atom. The normalized spacial score (nSPS) is 13.0. The number of hydrogen-bond acceptors (Lipinski definition) is 8. The summed E-state index contributed by atoms with van der Waals surface area (Å²) >= 11 is 0. The molecule has 1 aromatic carbocycles. The maximum atomic E-state index is 13.7. The molecule has 0 spiro atoms. The third kappa shape index (κ3) is 5.38. The third-order valence-electron chi connectivity index (χ3n) is 6.10. The average molecular weight is 523 g/mol. The number of alkyl halides is 2. The zero-order valence-electron chi connectivity index (χ0n) is 20.6. The van der Waals surface area contributed by atoms with Gasteiger partial charge in [0.2, 0.25) is 5.89 Å². The molecule has 0 bridgehead atoms. The van der Waals surface area contributed by atoms with E-state index >= 15 is 0 Å². The number of benzene rings is 1. The van der Waals surface area contributed by atoms with Crippen molar-refractivity contribution in [2.75, 3.05) is 30.9 Å². The van der Waals surface area contributed by atoms with E-state index in [0.717, 1.165) is 18.6 Å². The second-order valence-corrected chi connectivity index (χ2v) is 8.93. The number of pyridine rings is 1. The summed E-state index contributed by atoms with van der Waals surface area (Å²) in [4.78, 5) is 35.2. The number of halogens is 2. The molecule has 1 aliphatic rings. The first-order valence-electron chi connectivity index (χ1n) is 11.8. The molecule has 196 valence electrons. The Morgan fingerprint density at radius 2 is 2.00 bits per heavy atom. The van der Waals surface area contributed by atoms with E-state index in [1.54, 1.807) is 12.3 Å². The molecule has 12 heteroatoms. The minimum absolute atomic E-state index is 0.0832. The standard InChI is InChI=1S/C26H24F2N6O4/c1-33(12-15-3-4-15)21-11-17(9-10-29-21)25-31-20(14-38-25)24(35)30-19-13-34(32-22(19)23(27)28)18-7-5-16(6-8-18)26(36)37-2/h5-11,13-15,23H,3-4,12H2,1-2H3,(H,30,35). The van der Waals surface area contributed by atoms with Crippen LogP contribution in [0.1, 0.15) is 45.8 Å². The van der Waals surface area contributed by atoms with Gasteiger partial charge in [0, 0.05) is 25.4 Å². The molecule has 1 amide bonds. The predicted octanol–water partition coefficient (Wildman–Crippen LogP) is 4.75. The van der Waals surface area contributed by atoms with Gasteiger partial charge in [0.05, 0.1) is 30.2 Å². The SMILES string of the molecule is COC(=O)c1ccc(-n2cc(NC(=O)c3coc(-c4ccnc(N(C)CC5CC5)c4)n3)c(C(F)F)n2)cc1. The van der Waals surface area contributed by atoms with E-state index in [2.05, 4.69) is 30.0 Å². The van der Waals surface area contributed by atoms with E-state index in [0.29, 0.717) is 22.7 Å². The molecule has 0 unspecified atom stereocenters. The van der Waals surface area contributed by atoms with Gasteiger partial charge < -0.3 is 19.4 Å². The Morgan fingerprint density at radius 3 is 2.68 bits per heavy atom. The summed E-state index contributed by atoms with van der Waals surface area (Å²) in [6, 6.07) is 9.54. The molecule has 1 fully saturated rings. The maximum absolute atomic E-state index is 13.7. The molecule has 1 N–H and O–H groups in total. The minimum Gasteiger partial charge on any atom is -0.465 e. The highest BCUT2D eigenvalue weighted by atomic mass is 19.3. The fourth-order valence-corrected chi connectivity index (χ4v) is 3.88. The summed E-state index contributed by atoms with van der Waals surface area (Å²) < 4.78 is 38.8. The highest BCUT2D eigenvalue weighted by Gasteiger charge is 2.25. The van der Waals surface area contributed by atoms with Crippen LogP contribution in [0.2, 0.25) is 0 Å². The van der Waals surface area contributed by atoms with Gasteiger partial charge in [-0.2, -0.15) is 5.10 Å². The van der Waals surface area contributed by atoms with Gasteiger partial charge in [-0.1, -0.05) is 0 Å². The lowest BCUT2D eigenvalue weighted by atomic mass is 10.2. The second-order valence-electron chi connectivity index (χ2n) is 8.93. The highest BCUT2D eigenvalue weighted by molar-refractivity contribution is 6.03. The van der Waals surface area contributed by atoms with Crippen LogP contribution in [0.25, 0.3) is 17.1 Å². The second kappa shape index (κ2) is 10.4. The molecule has 0 aliphatic heterocycles. The van der Waals surface area contributed by atoms with Gasteiger partial charge in [0.1, 0.15) is 12.1 Å². The first-order valence-corrected chi connectivity index (χ1v) is 11.8. The summed E-state index contributed by atoms with van der Waals surface area (Å²) in [6.45, 7) is 0.908. The number of carbonyl (C=O) groups excluding carboxylic acids is 2. The van der Waals surface area contributed by atoms with Crippen LogP contribution in [0.4, 0.5) is 20.3 Å². The molecular formula is C26H24F2N6O4. The molecule has 1 aliphatic carbocycles. The number of esters is 1. The average Bonchev–Trinajstić information content (AvgIpc) is 3.42. The number of carbonyl (C=O) groups is 2. The number of rotatable bonds is 9. The summed E-state index contributed by atoms with van der Waals surface area (Å²) in [5.41, 5.74) is 0.456. The van der Waals surface area contributed by atoms with Crippen molar-refractivity contribution in [3.8, 4) is 17.1 Å². The molecular weight excluding hydrogens is 498 g/mol. The summed E-state index contributed by atoms with van der Waals surface area (Å²) in [7, 11) is 3.22. The molecule has 0 atom stereocenters. The largest absolute Gasteiger partial charge is 0.465 e. The van der Waals surface area contributed by atoms with Crippen LogP contribution < -0.4 is 10.2 Å². The van der Waals surface area contributed by atoms with Crippen LogP contribution in [0.15, 0.2) is 59.5 Å². The Hall–Kier alpha value is -4.61. The van der Waals surface area contributed by atoms with Crippen molar-refractivity contribution in [1.29, 1.82) is 0 Å². The van der Waals surface area contributed by atoms with Crippen LogP contribution in [-0.2, 0) is 4.74 Å². The number of hydrogen-bond donors (Lipinski definition) is 1. The Bertz CT molecular complexity index is 1460. The smallest absolute Gasteiger partial charge is 0.337 e. The first kappa shape index (κ1) is 25.1. The van der Waals surface area contributed by atoms with Gasteiger partial charge in [-0.05, 0) is 55.2 Å². The molecule has 4 aromatic rings. The van der Waals surface area contributed by atoms with Crippen LogP contribution in [0, 0.1) is 5.92 Å². The molecule has 3 heterocycles.